The maximum Gasteiger partial charge on any atom is 0.411 e. The molecule has 2 aliphatic heterocycles. The van der Waals surface area contributed by atoms with Crippen LogP contribution in [0.1, 0.15) is 33.6 Å². The maximum absolute atomic E-state index is 12.8. The molecule has 0 aliphatic carbocycles. The van der Waals surface area contributed by atoms with Gasteiger partial charge in [0.2, 0.25) is 5.91 Å². The number of aromatic nitrogens is 2. The summed E-state index contributed by atoms with van der Waals surface area (Å²) in [7, 11) is 0. The van der Waals surface area contributed by atoms with Crippen LogP contribution in [0.5, 0.6) is 0 Å². The van der Waals surface area contributed by atoms with Crippen LogP contribution >= 0.6 is 0 Å². The SMILES string of the molecule is CC(C)(C)OC(=O)N1CC2(CCOCC2)C1C(=O)Nc1ccn[nH]1. The Labute approximate surface area is 140 Å². The van der Waals surface area contributed by atoms with Crippen LogP contribution in [-0.2, 0) is 14.3 Å². The highest BCUT2D eigenvalue weighted by molar-refractivity contribution is 5.97. The minimum Gasteiger partial charge on any atom is -0.444 e. The van der Waals surface area contributed by atoms with E-state index in [1.54, 1.807) is 12.3 Å². The van der Waals surface area contributed by atoms with Gasteiger partial charge in [0, 0.05) is 31.2 Å². The van der Waals surface area contributed by atoms with Gasteiger partial charge in [-0.1, -0.05) is 0 Å². The molecule has 1 aromatic heterocycles. The molecule has 8 nitrogen and oxygen atoms in total. The van der Waals surface area contributed by atoms with E-state index in [1.807, 2.05) is 20.8 Å². The molecule has 0 saturated carbocycles. The number of nitrogens with zero attached hydrogens (tertiary/aromatic N) is 2. The van der Waals surface area contributed by atoms with Crippen molar-refractivity contribution in [1.82, 2.24) is 15.1 Å². The molecule has 2 N–H and O–H groups in total. The van der Waals surface area contributed by atoms with Gasteiger partial charge in [-0.3, -0.25) is 14.8 Å². The van der Waals surface area contributed by atoms with Crippen molar-refractivity contribution in [3.63, 3.8) is 0 Å². The van der Waals surface area contributed by atoms with Gasteiger partial charge in [-0.25, -0.2) is 4.79 Å². The average Bonchev–Trinajstić information content (AvgIpc) is 2.96. The normalized spacial score (nSPS) is 22.8. The number of rotatable bonds is 2. The van der Waals surface area contributed by atoms with E-state index in [1.165, 1.54) is 4.90 Å². The first-order valence-electron chi connectivity index (χ1n) is 8.18. The number of H-pyrrole nitrogens is 1. The number of carbonyl (C=O) groups excluding carboxylic acids is 2. The van der Waals surface area contributed by atoms with E-state index in [0.717, 1.165) is 12.8 Å². The van der Waals surface area contributed by atoms with Crippen LogP contribution in [0.3, 0.4) is 0 Å². The second-order valence-corrected chi connectivity index (χ2v) is 7.45. The van der Waals surface area contributed by atoms with Crippen LogP contribution < -0.4 is 5.32 Å². The number of carbonyl (C=O) groups is 2. The Kier molecular flexibility index (Phi) is 4.25. The lowest BCUT2D eigenvalue weighted by atomic mass is 9.66. The number of hydrogen-bond donors (Lipinski definition) is 2. The highest BCUT2D eigenvalue weighted by Crippen LogP contribution is 2.46. The van der Waals surface area contributed by atoms with Gasteiger partial charge in [-0.15, -0.1) is 0 Å². The Morgan fingerprint density at radius 2 is 2.12 bits per heavy atom. The zero-order chi connectivity index (χ0) is 17.4. The fourth-order valence-electron chi connectivity index (χ4n) is 3.38. The summed E-state index contributed by atoms with van der Waals surface area (Å²) in [5, 5.41) is 9.32. The largest absolute Gasteiger partial charge is 0.444 e. The lowest BCUT2D eigenvalue weighted by Gasteiger charge is -2.57. The van der Waals surface area contributed by atoms with E-state index in [-0.39, 0.29) is 11.3 Å². The molecule has 8 heteroatoms. The predicted molar refractivity (Wildman–Crippen MR) is 86.4 cm³/mol. The standard InChI is InChI=1S/C16H24N4O4/c1-15(2,3)24-14(22)20-10-16(5-8-23-9-6-16)12(20)13(21)18-11-4-7-17-19-11/h4,7,12H,5-6,8-10H2,1-3H3,(H2,17,18,19,21). The van der Waals surface area contributed by atoms with Gasteiger partial charge in [0.1, 0.15) is 17.5 Å². The van der Waals surface area contributed by atoms with E-state index in [2.05, 4.69) is 15.5 Å². The van der Waals surface area contributed by atoms with Crippen LogP contribution in [0.25, 0.3) is 0 Å². The second-order valence-electron chi connectivity index (χ2n) is 7.45. The molecule has 1 spiro atoms. The van der Waals surface area contributed by atoms with Crippen molar-refractivity contribution in [2.45, 2.75) is 45.3 Å². The molecule has 1 aromatic rings. The fraction of sp³-hybridized carbons (Fsp3) is 0.688. The molecule has 24 heavy (non-hydrogen) atoms. The van der Waals surface area contributed by atoms with Crippen molar-refractivity contribution in [2.75, 3.05) is 25.1 Å². The molecule has 2 fully saturated rings. The van der Waals surface area contributed by atoms with Crippen LogP contribution in [-0.4, -0.2) is 58.5 Å². The van der Waals surface area contributed by atoms with Crippen molar-refractivity contribution in [3.8, 4) is 0 Å². The molecular weight excluding hydrogens is 312 g/mol. The summed E-state index contributed by atoms with van der Waals surface area (Å²) in [5.41, 5.74) is -0.834. The molecule has 2 amide bonds. The first-order chi connectivity index (χ1) is 11.3. The van der Waals surface area contributed by atoms with Gasteiger partial charge in [0.05, 0.1) is 6.20 Å². The summed E-state index contributed by atoms with van der Waals surface area (Å²) in [6.45, 7) is 7.18. The zero-order valence-corrected chi connectivity index (χ0v) is 14.3. The predicted octanol–water partition coefficient (Wildman–Crippen LogP) is 1.76. The van der Waals surface area contributed by atoms with Gasteiger partial charge < -0.3 is 14.8 Å². The third-order valence-electron chi connectivity index (χ3n) is 4.50. The first-order valence-corrected chi connectivity index (χ1v) is 8.18. The number of nitrogens with one attached hydrogen (secondary N) is 2. The minimum absolute atomic E-state index is 0.224. The lowest BCUT2D eigenvalue weighted by molar-refractivity contribution is -0.154. The first kappa shape index (κ1) is 16.8. The quantitative estimate of drug-likeness (QED) is 0.858. The highest BCUT2D eigenvalue weighted by Gasteiger charge is 2.59. The summed E-state index contributed by atoms with van der Waals surface area (Å²) in [6.07, 6.45) is 2.62. The van der Waals surface area contributed by atoms with E-state index in [4.69, 9.17) is 9.47 Å². The molecule has 0 radical (unpaired) electrons. The number of amides is 2. The average molecular weight is 336 g/mol. The second kappa shape index (κ2) is 6.08. The van der Waals surface area contributed by atoms with Crippen molar-refractivity contribution >= 4 is 17.8 Å². The Bertz CT molecular complexity index is 602. The van der Waals surface area contributed by atoms with Crippen LogP contribution in [0, 0.1) is 5.41 Å². The number of aromatic amines is 1. The molecule has 1 atom stereocenters. The van der Waals surface area contributed by atoms with Crippen molar-refractivity contribution in [2.24, 2.45) is 5.41 Å². The Morgan fingerprint density at radius 3 is 2.71 bits per heavy atom. The van der Waals surface area contributed by atoms with Crippen molar-refractivity contribution < 1.29 is 19.1 Å². The maximum atomic E-state index is 12.8. The summed E-state index contributed by atoms with van der Waals surface area (Å²) in [5.74, 6) is 0.288. The van der Waals surface area contributed by atoms with Gasteiger partial charge in [-0.05, 0) is 33.6 Å². The van der Waals surface area contributed by atoms with Crippen LogP contribution in [0.4, 0.5) is 10.6 Å². The van der Waals surface area contributed by atoms with Crippen molar-refractivity contribution in [1.29, 1.82) is 0 Å². The molecule has 1 unspecified atom stereocenters. The molecule has 3 rings (SSSR count). The number of likely N-dealkylation sites (tertiary alicyclic amines) is 1. The fourth-order valence-corrected chi connectivity index (χ4v) is 3.38. The van der Waals surface area contributed by atoms with Crippen LogP contribution in [0.15, 0.2) is 12.3 Å². The number of ether oxygens (including phenoxy) is 2. The molecule has 3 heterocycles. The van der Waals surface area contributed by atoms with E-state index < -0.39 is 17.7 Å². The topological polar surface area (TPSA) is 96.5 Å². The molecule has 2 saturated heterocycles. The third kappa shape index (κ3) is 3.24. The summed E-state index contributed by atoms with van der Waals surface area (Å²) in [6, 6.07) is 1.12. The van der Waals surface area contributed by atoms with Crippen LogP contribution in [0.2, 0.25) is 0 Å². The zero-order valence-electron chi connectivity index (χ0n) is 14.3. The van der Waals surface area contributed by atoms with E-state index >= 15 is 0 Å². The molecule has 2 aliphatic rings. The Hall–Kier alpha value is -2.09. The summed E-state index contributed by atoms with van der Waals surface area (Å²) in [4.78, 5) is 26.8. The smallest absolute Gasteiger partial charge is 0.411 e. The number of anilines is 1. The molecule has 0 aromatic carbocycles. The van der Waals surface area contributed by atoms with Crippen molar-refractivity contribution in [3.05, 3.63) is 12.3 Å². The summed E-state index contributed by atoms with van der Waals surface area (Å²) >= 11 is 0. The monoisotopic (exact) mass is 336 g/mol. The molecule has 132 valence electrons. The highest BCUT2D eigenvalue weighted by atomic mass is 16.6. The Balaban J connectivity index is 1.77. The van der Waals surface area contributed by atoms with Gasteiger partial charge in [-0.2, -0.15) is 5.10 Å². The van der Waals surface area contributed by atoms with Gasteiger partial charge in [0.15, 0.2) is 0 Å². The molecule has 0 bridgehead atoms. The van der Waals surface area contributed by atoms with Gasteiger partial charge >= 0.3 is 6.09 Å². The Morgan fingerprint density at radius 1 is 1.42 bits per heavy atom. The van der Waals surface area contributed by atoms with Gasteiger partial charge in [0.25, 0.3) is 0 Å². The minimum atomic E-state index is -0.597. The van der Waals surface area contributed by atoms with E-state index in [0.29, 0.717) is 25.6 Å². The lowest BCUT2D eigenvalue weighted by Crippen LogP contribution is -2.71. The molecular formula is C16H24N4O4. The third-order valence-corrected chi connectivity index (χ3v) is 4.50. The summed E-state index contributed by atoms with van der Waals surface area (Å²) < 4.78 is 10.9. The number of hydrogen-bond acceptors (Lipinski definition) is 5. The van der Waals surface area contributed by atoms with E-state index in [9.17, 15) is 9.59 Å².